The molecule has 1 saturated heterocycles. The molecule has 1 aliphatic rings. The summed E-state index contributed by atoms with van der Waals surface area (Å²) in [6, 6.07) is 0. The van der Waals surface area contributed by atoms with Crippen molar-refractivity contribution in [1.82, 2.24) is 10.3 Å². The van der Waals surface area contributed by atoms with Crippen LogP contribution in [0.15, 0.2) is 5.38 Å². The molecule has 1 N–H and O–H groups in total. The number of nitrogens with one attached hydrogen (secondary N) is 1. The lowest BCUT2D eigenvalue weighted by molar-refractivity contribution is 0.404. The molecular formula is C15H27N3S. The van der Waals surface area contributed by atoms with Crippen molar-refractivity contribution in [3.63, 3.8) is 0 Å². The zero-order chi connectivity index (χ0) is 13.7. The normalized spacial score (nSPS) is 20.2. The highest BCUT2D eigenvalue weighted by atomic mass is 32.1. The minimum Gasteiger partial charge on any atom is -0.348 e. The van der Waals surface area contributed by atoms with Crippen molar-refractivity contribution in [2.45, 2.75) is 46.6 Å². The van der Waals surface area contributed by atoms with Crippen molar-refractivity contribution >= 4 is 16.5 Å². The molecule has 2 rings (SSSR count). The van der Waals surface area contributed by atoms with Crippen LogP contribution >= 0.6 is 11.3 Å². The number of aromatic nitrogens is 1. The number of thiazole rings is 1. The monoisotopic (exact) mass is 281 g/mol. The predicted octanol–water partition coefficient (Wildman–Crippen LogP) is 3.52. The Kier molecular flexibility index (Phi) is 5.64. The Hall–Kier alpha value is -0.610. The Morgan fingerprint density at radius 3 is 3.11 bits per heavy atom. The molecule has 1 aromatic heterocycles. The lowest BCUT2D eigenvalue weighted by Crippen LogP contribution is -2.35. The van der Waals surface area contributed by atoms with E-state index in [1.165, 1.54) is 43.2 Å². The van der Waals surface area contributed by atoms with Crippen LogP contribution < -0.4 is 10.2 Å². The molecule has 1 aromatic rings. The van der Waals surface area contributed by atoms with Crippen molar-refractivity contribution < 1.29 is 0 Å². The van der Waals surface area contributed by atoms with Gasteiger partial charge in [0.1, 0.15) is 0 Å². The van der Waals surface area contributed by atoms with E-state index in [4.69, 9.17) is 4.98 Å². The van der Waals surface area contributed by atoms with Crippen LogP contribution in [0.3, 0.4) is 0 Å². The molecule has 0 aromatic carbocycles. The number of hydrogen-bond acceptors (Lipinski definition) is 4. The second kappa shape index (κ2) is 7.25. The highest BCUT2D eigenvalue weighted by molar-refractivity contribution is 7.13. The molecule has 0 spiro atoms. The maximum atomic E-state index is 4.78. The maximum Gasteiger partial charge on any atom is 0.185 e. The third kappa shape index (κ3) is 4.46. The molecule has 0 amide bonds. The fourth-order valence-corrected chi connectivity index (χ4v) is 3.45. The average molecular weight is 281 g/mol. The SMILES string of the molecule is CCC1CCCN(c2nc(CNCC(C)C)cs2)C1. The van der Waals surface area contributed by atoms with Crippen LogP contribution in [0.25, 0.3) is 0 Å². The van der Waals surface area contributed by atoms with Gasteiger partial charge in [-0.1, -0.05) is 27.2 Å². The molecule has 0 saturated carbocycles. The largest absolute Gasteiger partial charge is 0.348 e. The Labute approximate surface area is 121 Å². The fourth-order valence-electron chi connectivity index (χ4n) is 2.58. The van der Waals surface area contributed by atoms with Gasteiger partial charge in [0.05, 0.1) is 5.69 Å². The predicted molar refractivity (Wildman–Crippen MR) is 83.9 cm³/mol. The highest BCUT2D eigenvalue weighted by Gasteiger charge is 2.20. The second-order valence-corrected chi connectivity index (χ2v) is 6.85. The van der Waals surface area contributed by atoms with Gasteiger partial charge in [0.2, 0.25) is 0 Å². The van der Waals surface area contributed by atoms with Gasteiger partial charge in [-0.3, -0.25) is 0 Å². The van der Waals surface area contributed by atoms with Crippen molar-refractivity contribution in [2.24, 2.45) is 11.8 Å². The summed E-state index contributed by atoms with van der Waals surface area (Å²) < 4.78 is 0. The summed E-state index contributed by atoms with van der Waals surface area (Å²) >= 11 is 1.80. The first-order chi connectivity index (χ1) is 9.19. The number of rotatable bonds is 6. The van der Waals surface area contributed by atoms with Crippen LogP contribution in [0, 0.1) is 11.8 Å². The molecule has 1 unspecified atom stereocenters. The molecule has 0 aliphatic carbocycles. The van der Waals surface area contributed by atoms with E-state index in [0.717, 1.165) is 19.0 Å². The lowest BCUT2D eigenvalue weighted by Gasteiger charge is -2.31. The molecular weight excluding hydrogens is 254 g/mol. The van der Waals surface area contributed by atoms with Crippen molar-refractivity contribution in [3.8, 4) is 0 Å². The van der Waals surface area contributed by atoms with Crippen molar-refractivity contribution in [2.75, 3.05) is 24.5 Å². The molecule has 1 aliphatic heterocycles. The third-order valence-corrected chi connectivity index (χ3v) is 4.72. The van der Waals surface area contributed by atoms with Gasteiger partial charge in [-0.25, -0.2) is 4.98 Å². The molecule has 4 heteroatoms. The quantitative estimate of drug-likeness (QED) is 0.865. The summed E-state index contributed by atoms with van der Waals surface area (Å²) in [5, 5.41) is 6.89. The third-order valence-electron chi connectivity index (χ3n) is 3.77. The number of nitrogens with zero attached hydrogens (tertiary/aromatic N) is 2. The minimum atomic E-state index is 0.700. The molecule has 0 radical (unpaired) electrons. The maximum absolute atomic E-state index is 4.78. The van der Waals surface area contributed by atoms with Crippen molar-refractivity contribution in [1.29, 1.82) is 0 Å². The first kappa shape index (κ1) is 14.8. The molecule has 3 nitrogen and oxygen atoms in total. The second-order valence-electron chi connectivity index (χ2n) is 6.01. The van der Waals surface area contributed by atoms with Crippen molar-refractivity contribution in [3.05, 3.63) is 11.1 Å². The lowest BCUT2D eigenvalue weighted by atomic mass is 9.96. The van der Waals surface area contributed by atoms with Crippen LogP contribution in [0.5, 0.6) is 0 Å². The van der Waals surface area contributed by atoms with Gasteiger partial charge in [-0.2, -0.15) is 0 Å². The summed E-state index contributed by atoms with van der Waals surface area (Å²) in [5.41, 5.74) is 1.19. The van der Waals surface area contributed by atoms with E-state index in [-0.39, 0.29) is 0 Å². The van der Waals surface area contributed by atoms with Crippen LogP contribution in [-0.2, 0) is 6.54 Å². The molecule has 1 fully saturated rings. The van der Waals surface area contributed by atoms with E-state index in [0.29, 0.717) is 5.92 Å². The van der Waals surface area contributed by atoms with Crippen LogP contribution in [0.2, 0.25) is 0 Å². The Morgan fingerprint density at radius 2 is 2.37 bits per heavy atom. The van der Waals surface area contributed by atoms with Crippen LogP contribution in [0.4, 0.5) is 5.13 Å². The van der Waals surface area contributed by atoms with E-state index >= 15 is 0 Å². The Balaban J connectivity index is 1.85. The summed E-state index contributed by atoms with van der Waals surface area (Å²) in [6.07, 6.45) is 4.00. The van der Waals surface area contributed by atoms with Crippen LogP contribution in [0.1, 0.15) is 45.7 Å². The fraction of sp³-hybridized carbons (Fsp3) is 0.800. The molecule has 0 bridgehead atoms. The smallest absolute Gasteiger partial charge is 0.185 e. The Bertz CT molecular complexity index is 375. The van der Waals surface area contributed by atoms with E-state index in [9.17, 15) is 0 Å². The number of hydrogen-bond donors (Lipinski definition) is 1. The van der Waals surface area contributed by atoms with E-state index in [1.807, 2.05) is 0 Å². The van der Waals surface area contributed by atoms with E-state index in [1.54, 1.807) is 11.3 Å². The molecule has 108 valence electrons. The zero-order valence-electron chi connectivity index (χ0n) is 12.5. The number of anilines is 1. The van der Waals surface area contributed by atoms with Gasteiger partial charge in [0, 0.05) is 25.0 Å². The van der Waals surface area contributed by atoms with Gasteiger partial charge >= 0.3 is 0 Å². The summed E-state index contributed by atoms with van der Waals surface area (Å²) in [7, 11) is 0. The van der Waals surface area contributed by atoms with Gasteiger partial charge in [0.25, 0.3) is 0 Å². The Morgan fingerprint density at radius 1 is 1.53 bits per heavy atom. The summed E-state index contributed by atoms with van der Waals surface area (Å²) in [5.74, 6) is 1.56. The number of piperidine rings is 1. The standard InChI is InChI=1S/C15H27N3S/c1-4-13-6-5-7-18(10-13)15-17-14(11-19-15)9-16-8-12(2)3/h11-13,16H,4-10H2,1-3H3. The average Bonchev–Trinajstić information content (AvgIpc) is 2.87. The van der Waals surface area contributed by atoms with E-state index in [2.05, 4.69) is 36.4 Å². The topological polar surface area (TPSA) is 28.2 Å². The van der Waals surface area contributed by atoms with E-state index < -0.39 is 0 Å². The first-order valence-electron chi connectivity index (χ1n) is 7.59. The molecule has 19 heavy (non-hydrogen) atoms. The zero-order valence-corrected chi connectivity index (χ0v) is 13.3. The molecule has 2 heterocycles. The minimum absolute atomic E-state index is 0.700. The highest BCUT2D eigenvalue weighted by Crippen LogP contribution is 2.27. The summed E-state index contributed by atoms with van der Waals surface area (Å²) in [4.78, 5) is 7.26. The van der Waals surface area contributed by atoms with Gasteiger partial charge < -0.3 is 10.2 Å². The molecule has 1 atom stereocenters. The van der Waals surface area contributed by atoms with Gasteiger partial charge in [-0.15, -0.1) is 11.3 Å². The van der Waals surface area contributed by atoms with Gasteiger partial charge in [0.15, 0.2) is 5.13 Å². The summed E-state index contributed by atoms with van der Waals surface area (Å²) in [6.45, 7) is 11.1. The van der Waals surface area contributed by atoms with Gasteiger partial charge in [-0.05, 0) is 31.2 Å². The van der Waals surface area contributed by atoms with Crippen LogP contribution in [-0.4, -0.2) is 24.6 Å². The first-order valence-corrected chi connectivity index (χ1v) is 8.47.